The third-order valence-corrected chi connectivity index (χ3v) is 4.26. The van der Waals surface area contributed by atoms with Crippen LogP contribution in [0.15, 0.2) is 35.7 Å². The summed E-state index contributed by atoms with van der Waals surface area (Å²) in [5.74, 6) is 0.843. The highest BCUT2D eigenvalue weighted by atomic mass is 32.1. The Hall–Kier alpha value is -2.01. The van der Waals surface area contributed by atoms with Gasteiger partial charge in [0, 0.05) is 11.4 Å². The number of methoxy groups -OCH3 is 1. The molecule has 0 atom stereocenters. The second-order valence-electron chi connectivity index (χ2n) is 4.73. The van der Waals surface area contributed by atoms with Crippen LogP contribution in [-0.4, -0.2) is 19.7 Å². The second-order valence-corrected chi connectivity index (χ2v) is 5.73. The van der Waals surface area contributed by atoms with E-state index in [1.165, 1.54) is 16.0 Å². The molecule has 0 fully saturated rings. The minimum atomic E-state index is -0.128. The van der Waals surface area contributed by atoms with Crippen molar-refractivity contribution in [3.8, 4) is 5.75 Å². The first kappa shape index (κ1) is 15.4. The molecule has 0 saturated heterocycles. The van der Waals surface area contributed by atoms with Crippen LogP contribution in [0.4, 0.5) is 4.79 Å². The Labute approximate surface area is 129 Å². The summed E-state index contributed by atoms with van der Waals surface area (Å²) in [5.41, 5.74) is 2.39. The number of carbonyl (C=O) groups is 1. The predicted octanol–water partition coefficient (Wildman–Crippen LogP) is 3.11. The monoisotopic (exact) mass is 304 g/mol. The predicted molar refractivity (Wildman–Crippen MR) is 86.0 cm³/mol. The number of hydrogen-bond acceptors (Lipinski definition) is 3. The molecule has 2 amide bonds. The number of hydrogen-bond donors (Lipinski definition) is 2. The molecule has 2 aromatic rings. The zero-order valence-electron chi connectivity index (χ0n) is 12.3. The fourth-order valence-electron chi connectivity index (χ4n) is 1.92. The highest BCUT2D eigenvalue weighted by Crippen LogP contribution is 2.14. The van der Waals surface area contributed by atoms with Crippen LogP contribution in [0.25, 0.3) is 0 Å². The summed E-state index contributed by atoms with van der Waals surface area (Å²) in [6.45, 7) is 3.24. The lowest BCUT2D eigenvalue weighted by Crippen LogP contribution is -2.36. The Kier molecular flexibility index (Phi) is 5.63. The van der Waals surface area contributed by atoms with Crippen LogP contribution < -0.4 is 15.4 Å². The van der Waals surface area contributed by atoms with E-state index in [9.17, 15) is 4.79 Å². The molecule has 21 heavy (non-hydrogen) atoms. The van der Waals surface area contributed by atoms with Crippen molar-refractivity contribution in [3.63, 3.8) is 0 Å². The van der Waals surface area contributed by atoms with E-state index < -0.39 is 0 Å². The molecule has 0 radical (unpaired) electrons. The van der Waals surface area contributed by atoms with Gasteiger partial charge in [0.2, 0.25) is 0 Å². The van der Waals surface area contributed by atoms with Crippen molar-refractivity contribution in [1.29, 1.82) is 0 Å². The van der Waals surface area contributed by atoms with Gasteiger partial charge in [0.1, 0.15) is 5.75 Å². The standard InChI is InChI=1S/C16H20N2O2S/c1-12-8-10-21-15(12)11-18-16(19)17-9-7-13-3-5-14(20-2)6-4-13/h3-6,8,10H,7,9,11H2,1-2H3,(H2,17,18,19). The van der Waals surface area contributed by atoms with Crippen molar-refractivity contribution in [3.05, 3.63) is 51.7 Å². The number of aryl methyl sites for hydroxylation is 1. The number of carbonyl (C=O) groups excluding carboxylic acids is 1. The minimum Gasteiger partial charge on any atom is -0.497 e. The van der Waals surface area contributed by atoms with Gasteiger partial charge in [-0.1, -0.05) is 12.1 Å². The summed E-state index contributed by atoms with van der Waals surface area (Å²) in [7, 11) is 1.65. The number of thiophene rings is 1. The summed E-state index contributed by atoms with van der Waals surface area (Å²) in [6.07, 6.45) is 0.801. The van der Waals surface area contributed by atoms with Crippen molar-refractivity contribution in [2.24, 2.45) is 0 Å². The van der Waals surface area contributed by atoms with Gasteiger partial charge < -0.3 is 15.4 Å². The third kappa shape index (κ3) is 4.79. The molecule has 0 aliphatic heterocycles. The van der Waals surface area contributed by atoms with Gasteiger partial charge in [-0.05, 0) is 48.1 Å². The molecule has 5 heteroatoms. The topological polar surface area (TPSA) is 50.4 Å². The smallest absolute Gasteiger partial charge is 0.315 e. The van der Waals surface area contributed by atoms with Gasteiger partial charge in [-0.15, -0.1) is 11.3 Å². The summed E-state index contributed by atoms with van der Waals surface area (Å²) in [4.78, 5) is 12.9. The largest absolute Gasteiger partial charge is 0.497 e. The van der Waals surface area contributed by atoms with Gasteiger partial charge in [0.25, 0.3) is 0 Å². The number of amides is 2. The molecule has 1 aromatic heterocycles. The molecule has 0 aliphatic rings. The lowest BCUT2D eigenvalue weighted by atomic mass is 10.1. The van der Waals surface area contributed by atoms with Crippen molar-refractivity contribution < 1.29 is 9.53 Å². The van der Waals surface area contributed by atoms with Crippen LogP contribution in [0.2, 0.25) is 0 Å². The van der Waals surface area contributed by atoms with Crippen LogP contribution in [0.3, 0.4) is 0 Å². The Balaban J connectivity index is 1.68. The molecule has 0 aliphatic carbocycles. The molecule has 0 saturated carbocycles. The van der Waals surface area contributed by atoms with E-state index >= 15 is 0 Å². The molecule has 2 N–H and O–H groups in total. The molecular weight excluding hydrogens is 284 g/mol. The average molecular weight is 304 g/mol. The third-order valence-electron chi connectivity index (χ3n) is 3.24. The van der Waals surface area contributed by atoms with Crippen LogP contribution >= 0.6 is 11.3 Å². The Morgan fingerprint density at radius 3 is 2.57 bits per heavy atom. The fourth-order valence-corrected chi connectivity index (χ4v) is 2.77. The van der Waals surface area contributed by atoms with E-state index in [4.69, 9.17) is 4.74 Å². The maximum absolute atomic E-state index is 11.7. The molecular formula is C16H20N2O2S. The number of nitrogens with one attached hydrogen (secondary N) is 2. The van der Waals surface area contributed by atoms with Gasteiger partial charge in [-0.3, -0.25) is 0 Å². The van der Waals surface area contributed by atoms with Crippen LogP contribution in [0.1, 0.15) is 16.0 Å². The maximum atomic E-state index is 11.7. The first-order valence-electron chi connectivity index (χ1n) is 6.86. The minimum absolute atomic E-state index is 0.128. The van der Waals surface area contributed by atoms with Gasteiger partial charge >= 0.3 is 6.03 Å². The quantitative estimate of drug-likeness (QED) is 0.861. The molecule has 2 rings (SSSR count). The lowest BCUT2D eigenvalue weighted by molar-refractivity contribution is 0.240. The molecule has 0 spiro atoms. The molecule has 112 valence electrons. The number of urea groups is 1. The van der Waals surface area contributed by atoms with Crippen molar-refractivity contribution >= 4 is 17.4 Å². The van der Waals surface area contributed by atoms with E-state index in [1.807, 2.05) is 29.6 Å². The summed E-state index contributed by atoms with van der Waals surface area (Å²) in [6, 6.07) is 9.80. The second kappa shape index (κ2) is 7.69. The van der Waals surface area contributed by atoms with Crippen molar-refractivity contribution in [2.45, 2.75) is 19.9 Å². The van der Waals surface area contributed by atoms with Crippen molar-refractivity contribution in [2.75, 3.05) is 13.7 Å². The van der Waals surface area contributed by atoms with E-state index in [0.29, 0.717) is 13.1 Å². The Morgan fingerprint density at radius 2 is 1.95 bits per heavy atom. The van der Waals surface area contributed by atoms with E-state index in [2.05, 4.69) is 23.6 Å². The molecule has 0 bridgehead atoms. The number of benzene rings is 1. The van der Waals surface area contributed by atoms with E-state index in [0.717, 1.165) is 12.2 Å². The SMILES string of the molecule is COc1ccc(CCNC(=O)NCc2sccc2C)cc1. The molecule has 1 aromatic carbocycles. The lowest BCUT2D eigenvalue weighted by Gasteiger charge is -2.08. The van der Waals surface area contributed by atoms with Crippen LogP contribution in [-0.2, 0) is 13.0 Å². The first-order valence-corrected chi connectivity index (χ1v) is 7.74. The zero-order valence-corrected chi connectivity index (χ0v) is 13.1. The van der Waals surface area contributed by atoms with E-state index in [-0.39, 0.29) is 6.03 Å². The normalized spacial score (nSPS) is 10.2. The zero-order chi connectivity index (χ0) is 15.1. The van der Waals surface area contributed by atoms with Crippen LogP contribution in [0, 0.1) is 6.92 Å². The fraction of sp³-hybridized carbons (Fsp3) is 0.312. The molecule has 4 nitrogen and oxygen atoms in total. The van der Waals surface area contributed by atoms with Crippen LogP contribution in [0.5, 0.6) is 5.75 Å². The van der Waals surface area contributed by atoms with Gasteiger partial charge in [-0.2, -0.15) is 0 Å². The summed E-state index contributed by atoms with van der Waals surface area (Å²) >= 11 is 1.66. The van der Waals surface area contributed by atoms with Crippen molar-refractivity contribution in [1.82, 2.24) is 10.6 Å². The first-order chi connectivity index (χ1) is 10.2. The van der Waals surface area contributed by atoms with Gasteiger partial charge in [0.05, 0.1) is 13.7 Å². The summed E-state index contributed by atoms with van der Waals surface area (Å²) in [5, 5.41) is 7.77. The maximum Gasteiger partial charge on any atom is 0.315 e. The number of ether oxygens (including phenoxy) is 1. The Morgan fingerprint density at radius 1 is 1.19 bits per heavy atom. The average Bonchev–Trinajstić information content (AvgIpc) is 2.91. The number of rotatable bonds is 6. The highest BCUT2D eigenvalue weighted by Gasteiger charge is 2.03. The molecule has 0 unspecified atom stereocenters. The van der Waals surface area contributed by atoms with E-state index in [1.54, 1.807) is 18.4 Å². The highest BCUT2D eigenvalue weighted by molar-refractivity contribution is 7.10. The Bertz CT molecular complexity index is 578. The van der Waals surface area contributed by atoms with Gasteiger partial charge in [-0.25, -0.2) is 4.79 Å². The molecule has 1 heterocycles. The summed E-state index contributed by atoms with van der Waals surface area (Å²) < 4.78 is 5.11. The van der Waals surface area contributed by atoms with Gasteiger partial charge in [0.15, 0.2) is 0 Å².